The fourth-order valence-corrected chi connectivity index (χ4v) is 7.38. The first-order valence-electron chi connectivity index (χ1n) is 15.4. The van der Waals surface area contributed by atoms with Gasteiger partial charge in [0.15, 0.2) is 0 Å². The van der Waals surface area contributed by atoms with Crippen molar-refractivity contribution in [3.63, 3.8) is 0 Å². The molecule has 2 aliphatic carbocycles. The molecule has 2 fully saturated rings. The van der Waals surface area contributed by atoms with Crippen LogP contribution in [0.15, 0.2) is 78.9 Å². The van der Waals surface area contributed by atoms with Crippen LogP contribution < -0.4 is 0 Å². The largest absolute Gasteiger partial charge is 0.390 e. The summed E-state index contributed by atoms with van der Waals surface area (Å²) >= 11 is 0. The third-order valence-corrected chi connectivity index (χ3v) is 9.23. The second-order valence-electron chi connectivity index (χ2n) is 12.0. The third kappa shape index (κ3) is 5.71. The van der Waals surface area contributed by atoms with E-state index in [0.717, 1.165) is 6.54 Å². The standard InChI is InChI=1S/C36H44N2O/c1-27-22-23-34-33(24-27)35(28-14-6-2-7-15-28)36(29-16-8-3-9-17-29)38(34)26-32(39)25-37(30-18-10-4-11-19-30)31-20-12-5-13-21-31/h2-3,6-9,14-17,22-24,30-32,39H,4-5,10-13,18-21,25-26H2,1H3. The first-order chi connectivity index (χ1) is 19.2. The van der Waals surface area contributed by atoms with Gasteiger partial charge in [0, 0.05) is 35.1 Å². The van der Waals surface area contributed by atoms with E-state index in [1.807, 2.05) is 0 Å². The summed E-state index contributed by atoms with van der Waals surface area (Å²) in [5.74, 6) is 0. The third-order valence-electron chi connectivity index (χ3n) is 9.23. The van der Waals surface area contributed by atoms with Crippen molar-refractivity contribution in [2.24, 2.45) is 0 Å². The summed E-state index contributed by atoms with van der Waals surface area (Å²) in [4.78, 5) is 2.75. The number of aliphatic hydroxyl groups excluding tert-OH is 1. The van der Waals surface area contributed by atoms with Gasteiger partial charge >= 0.3 is 0 Å². The maximum absolute atomic E-state index is 11.8. The van der Waals surface area contributed by atoms with Crippen LogP contribution in [0.3, 0.4) is 0 Å². The molecule has 1 aromatic heterocycles. The van der Waals surface area contributed by atoms with E-state index in [1.54, 1.807) is 0 Å². The summed E-state index contributed by atoms with van der Waals surface area (Å²) < 4.78 is 2.41. The van der Waals surface area contributed by atoms with E-state index < -0.39 is 6.10 Å². The van der Waals surface area contributed by atoms with Crippen molar-refractivity contribution in [1.29, 1.82) is 0 Å². The number of aryl methyl sites for hydroxylation is 1. The molecule has 1 N–H and O–H groups in total. The molecule has 0 amide bonds. The zero-order chi connectivity index (χ0) is 26.6. The van der Waals surface area contributed by atoms with Crippen LogP contribution in [-0.4, -0.2) is 39.3 Å². The van der Waals surface area contributed by atoms with Gasteiger partial charge < -0.3 is 9.67 Å². The number of aromatic nitrogens is 1. The van der Waals surface area contributed by atoms with E-state index >= 15 is 0 Å². The summed E-state index contributed by atoms with van der Waals surface area (Å²) in [6, 6.07) is 29.6. The van der Waals surface area contributed by atoms with Crippen LogP contribution in [-0.2, 0) is 6.54 Å². The molecule has 0 aliphatic heterocycles. The molecule has 3 heteroatoms. The van der Waals surface area contributed by atoms with Crippen molar-refractivity contribution in [2.45, 2.75) is 95.9 Å². The molecule has 0 radical (unpaired) electrons. The van der Waals surface area contributed by atoms with Gasteiger partial charge in [0.25, 0.3) is 0 Å². The molecule has 0 spiro atoms. The predicted molar refractivity (Wildman–Crippen MR) is 164 cm³/mol. The molecule has 204 valence electrons. The number of fused-ring (bicyclic) bond motifs is 1. The Labute approximate surface area is 234 Å². The molecular weight excluding hydrogens is 476 g/mol. The minimum atomic E-state index is -0.420. The van der Waals surface area contributed by atoms with Crippen molar-refractivity contribution >= 4 is 10.9 Å². The van der Waals surface area contributed by atoms with E-state index in [4.69, 9.17) is 0 Å². The number of nitrogens with zero attached hydrogens (tertiary/aromatic N) is 2. The van der Waals surface area contributed by atoms with Crippen LogP contribution in [0.2, 0.25) is 0 Å². The van der Waals surface area contributed by atoms with E-state index in [1.165, 1.54) is 103 Å². The predicted octanol–water partition coefficient (Wildman–Crippen LogP) is 8.61. The normalized spacial score (nSPS) is 18.1. The monoisotopic (exact) mass is 520 g/mol. The quantitative estimate of drug-likeness (QED) is 0.252. The molecule has 1 heterocycles. The lowest BCUT2D eigenvalue weighted by atomic mass is 9.88. The van der Waals surface area contributed by atoms with Gasteiger partial charge in [-0.2, -0.15) is 0 Å². The van der Waals surface area contributed by atoms with E-state index in [-0.39, 0.29) is 0 Å². The van der Waals surface area contributed by atoms with E-state index in [9.17, 15) is 5.11 Å². The summed E-state index contributed by atoms with van der Waals surface area (Å²) in [6.45, 7) is 3.55. The molecule has 3 nitrogen and oxygen atoms in total. The second-order valence-corrected chi connectivity index (χ2v) is 12.0. The fraction of sp³-hybridized carbons (Fsp3) is 0.444. The first-order valence-corrected chi connectivity index (χ1v) is 15.4. The lowest BCUT2D eigenvalue weighted by molar-refractivity contribution is 0.0240. The average Bonchev–Trinajstić information content (AvgIpc) is 3.30. The molecule has 4 aromatic rings. The summed E-state index contributed by atoms with van der Waals surface area (Å²) in [5, 5.41) is 13.1. The van der Waals surface area contributed by atoms with Crippen LogP contribution >= 0.6 is 0 Å². The molecule has 0 saturated heterocycles. The van der Waals surface area contributed by atoms with Crippen LogP contribution in [0.5, 0.6) is 0 Å². The van der Waals surface area contributed by atoms with Crippen LogP contribution in [0.1, 0.15) is 69.8 Å². The van der Waals surface area contributed by atoms with Crippen molar-refractivity contribution in [3.8, 4) is 22.4 Å². The van der Waals surface area contributed by atoms with Gasteiger partial charge in [-0.05, 0) is 55.9 Å². The number of hydrogen-bond acceptors (Lipinski definition) is 2. The summed E-state index contributed by atoms with van der Waals surface area (Å²) in [7, 11) is 0. The van der Waals surface area contributed by atoms with Crippen LogP contribution in [0.4, 0.5) is 0 Å². The summed E-state index contributed by atoms with van der Waals surface area (Å²) in [5.41, 5.74) is 7.38. The maximum atomic E-state index is 11.8. The topological polar surface area (TPSA) is 28.4 Å². The van der Waals surface area contributed by atoms with Gasteiger partial charge in [-0.1, -0.05) is 111 Å². The second kappa shape index (κ2) is 12.1. The highest BCUT2D eigenvalue weighted by molar-refractivity contribution is 6.04. The number of rotatable bonds is 8. The van der Waals surface area contributed by atoms with Gasteiger partial charge in [0.2, 0.25) is 0 Å². The molecule has 1 unspecified atom stereocenters. The number of hydrogen-bond donors (Lipinski definition) is 1. The van der Waals surface area contributed by atoms with Gasteiger partial charge in [-0.15, -0.1) is 0 Å². The molecule has 39 heavy (non-hydrogen) atoms. The Kier molecular flexibility index (Phi) is 8.18. The van der Waals surface area contributed by atoms with E-state index in [0.29, 0.717) is 18.6 Å². The molecule has 1 atom stereocenters. The Morgan fingerprint density at radius 3 is 1.90 bits per heavy atom. The van der Waals surface area contributed by atoms with Crippen molar-refractivity contribution in [2.75, 3.05) is 6.54 Å². The van der Waals surface area contributed by atoms with Crippen molar-refractivity contribution < 1.29 is 5.11 Å². The Bertz CT molecular complexity index is 1330. The van der Waals surface area contributed by atoms with Gasteiger partial charge in [-0.3, -0.25) is 4.90 Å². The molecule has 6 rings (SSSR count). The first kappa shape index (κ1) is 26.3. The molecule has 0 bridgehead atoms. The van der Waals surface area contributed by atoms with Gasteiger partial charge in [0.05, 0.1) is 18.3 Å². The number of aliphatic hydroxyl groups is 1. The highest BCUT2D eigenvalue weighted by Crippen LogP contribution is 2.41. The van der Waals surface area contributed by atoms with Gasteiger partial charge in [-0.25, -0.2) is 0 Å². The van der Waals surface area contributed by atoms with Crippen molar-refractivity contribution in [1.82, 2.24) is 9.47 Å². The zero-order valence-electron chi connectivity index (χ0n) is 23.6. The Morgan fingerprint density at radius 2 is 1.31 bits per heavy atom. The fourth-order valence-electron chi connectivity index (χ4n) is 7.38. The molecular formula is C36H44N2O. The molecule has 2 saturated carbocycles. The Morgan fingerprint density at radius 1 is 0.744 bits per heavy atom. The zero-order valence-corrected chi connectivity index (χ0v) is 23.6. The highest BCUT2D eigenvalue weighted by Gasteiger charge is 2.31. The highest BCUT2D eigenvalue weighted by atomic mass is 16.3. The lowest BCUT2D eigenvalue weighted by Gasteiger charge is -2.42. The Balaban J connectivity index is 1.41. The van der Waals surface area contributed by atoms with Crippen LogP contribution in [0, 0.1) is 6.92 Å². The summed E-state index contributed by atoms with van der Waals surface area (Å²) in [6.07, 6.45) is 12.8. The molecule has 2 aliphatic rings. The minimum absolute atomic E-state index is 0.420. The van der Waals surface area contributed by atoms with Crippen molar-refractivity contribution in [3.05, 3.63) is 84.4 Å². The number of benzene rings is 3. The molecule has 3 aromatic carbocycles. The maximum Gasteiger partial charge on any atom is 0.0846 e. The van der Waals surface area contributed by atoms with E-state index in [2.05, 4.69) is 95.3 Å². The van der Waals surface area contributed by atoms with Gasteiger partial charge in [0.1, 0.15) is 0 Å². The smallest absolute Gasteiger partial charge is 0.0846 e. The SMILES string of the molecule is Cc1ccc2c(c1)c(-c1ccccc1)c(-c1ccccc1)n2CC(O)CN(C1CCCCC1)C1CCCCC1. The van der Waals surface area contributed by atoms with Crippen LogP contribution in [0.25, 0.3) is 33.3 Å². The minimum Gasteiger partial charge on any atom is -0.390 e. The Hall–Kier alpha value is -2.88. The average molecular weight is 521 g/mol. The lowest BCUT2D eigenvalue weighted by Crippen LogP contribution is -2.49.